The van der Waals surface area contributed by atoms with Crippen LogP contribution in [0.1, 0.15) is 19.3 Å². The number of carboxylic acids is 1. The van der Waals surface area contributed by atoms with E-state index in [1.807, 2.05) is 0 Å². The maximum atomic E-state index is 12.0. The third kappa shape index (κ3) is 3.16. The van der Waals surface area contributed by atoms with E-state index in [1.165, 1.54) is 26.4 Å². The normalized spacial score (nSPS) is 19.8. The maximum Gasteiger partial charge on any atom is 0.326 e. The number of aromatic nitrogens is 1. The third-order valence-corrected chi connectivity index (χ3v) is 5.38. The van der Waals surface area contributed by atoms with Gasteiger partial charge in [0.2, 0.25) is 10.0 Å². The first-order valence-electron chi connectivity index (χ1n) is 6.72. The lowest BCUT2D eigenvalue weighted by atomic mass is 10.0. The molecular weight excluding hydrogens is 294 g/mol. The van der Waals surface area contributed by atoms with Crippen LogP contribution in [0, 0.1) is 0 Å². The largest absolute Gasteiger partial charge is 0.480 e. The van der Waals surface area contributed by atoms with Crippen LogP contribution in [-0.2, 0) is 14.8 Å². The molecule has 0 spiro atoms. The Bertz CT molecular complexity index is 613. The van der Waals surface area contributed by atoms with E-state index in [0.717, 1.165) is 17.1 Å². The van der Waals surface area contributed by atoms with Crippen molar-refractivity contribution in [3.63, 3.8) is 0 Å². The summed E-state index contributed by atoms with van der Waals surface area (Å²) >= 11 is 0. The van der Waals surface area contributed by atoms with Crippen LogP contribution in [0.5, 0.6) is 0 Å². The van der Waals surface area contributed by atoms with Crippen molar-refractivity contribution in [3.8, 4) is 0 Å². The fourth-order valence-corrected chi connectivity index (χ4v) is 3.22. The van der Waals surface area contributed by atoms with Crippen LogP contribution in [0.2, 0.25) is 0 Å². The van der Waals surface area contributed by atoms with Gasteiger partial charge in [0.05, 0.1) is 0 Å². The molecule has 1 unspecified atom stereocenters. The molecule has 0 aliphatic carbocycles. The Balaban J connectivity index is 2.28. The number of hydrogen-bond acceptors (Lipinski definition) is 5. The van der Waals surface area contributed by atoms with Gasteiger partial charge in [0.1, 0.15) is 16.8 Å². The second kappa shape index (κ2) is 5.98. The van der Waals surface area contributed by atoms with E-state index < -0.39 is 22.0 Å². The zero-order valence-electron chi connectivity index (χ0n) is 12.1. The van der Waals surface area contributed by atoms with E-state index in [2.05, 4.69) is 4.98 Å². The van der Waals surface area contributed by atoms with Crippen molar-refractivity contribution >= 4 is 21.8 Å². The van der Waals surface area contributed by atoms with E-state index in [4.69, 9.17) is 0 Å². The molecule has 7 nitrogen and oxygen atoms in total. The number of nitrogens with zero attached hydrogens (tertiary/aromatic N) is 3. The minimum Gasteiger partial charge on any atom is -0.480 e. The quantitative estimate of drug-likeness (QED) is 0.883. The molecule has 1 aliphatic rings. The SMILES string of the molecule is CN(C)S(=O)(=O)c1ccc(N2CCCCC2C(=O)O)nc1. The lowest BCUT2D eigenvalue weighted by Crippen LogP contribution is -2.45. The Morgan fingerprint density at radius 2 is 2.10 bits per heavy atom. The van der Waals surface area contributed by atoms with Crippen molar-refractivity contribution in [2.75, 3.05) is 25.5 Å². The molecule has 8 heteroatoms. The van der Waals surface area contributed by atoms with Gasteiger partial charge in [-0.3, -0.25) is 0 Å². The lowest BCUT2D eigenvalue weighted by molar-refractivity contribution is -0.139. The maximum absolute atomic E-state index is 12.0. The van der Waals surface area contributed by atoms with Crippen LogP contribution >= 0.6 is 0 Å². The highest BCUT2D eigenvalue weighted by atomic mass is 32.2. The Morgan fingerprint density at radius 1 is 1.38 bits per heavy atom. The molecule has 116 valence electrons. The van der Waals surface area contributed by atoms with E-state index in [0.29, 0.717) is 18.8 Å². The molecule has 1 aromatic heterocycles. The van der Waals surface area contributed by atoms with Gasteiger partial charge >= 0.3 is 5.97 Å². The zero-order chi connectivity index (χ0) is 15.6. The standard InChI is InChI=1S/C13H19N3O4S/c1-15(2)21(19,20)10-6-7-12(14-9-10)16-8-4-3-5-11(16)13(17)18/h6-7,9,11H,3-5,8H2,1-2H3,(H,17,18). The van der Waals surface area contributed by atoms with Gasteiger partial charge < -0.3 is 10.0 Å². The van der Waals surface area contributed by atoms with Crippen LogP contribution in [0.15, 0.2) is 23.2 Å². The Morgan fingerprint density at radius 3 is 2.62 bits per heavy atom. The highest BCUT2D eigenvalue weighted by Crippen LogP contribution is 2.24. The van der Waals surface area contributed by atoms with Crippen molar-refractivity contribution in [1.82, 2.24) is 9.29 Å². The first kappa shape index (κ1) is 15.7. The molecule has 21 heavy (non-hydrogen) atoms. The van der Waals surface area contributed by atoms with Gasteiger partial charge in [0.15, 0.2) is 0 Å². The van der Waals surface area contributed by atoms with Crippen LogP contribution in [0.4, 0.5) is 5.82 Å². The molecule has 0 bridgehead atoms. The third-order valence-electron chi connectivity index (χ3n) is 3.58. The fraction of sp³-hybridized carbons (Fsp3) is 0.538. The molecule has 2 heterocycles. The van der Waals surface area contributed by atoms with Gasteiger partial charge in [-0.05, 0) is 31.4 Å². The zero-order valence-corrected chi connectivity index (χ0v) is 12.9. The summed E-state index contributed by atoms with van der Waals surface area (Å²) < 4.78 is 25.1. The molecular formula is C13H19N3O4S. The Kier molecular flexibility index (Phi) is 4.48. The number of pyridine rings is 1. The highest BCUT2D eigenvalue weighted by Gasteiger charge is 2.29. The van der Waals surface area contributed by atoms with E-state index in [1.54, 1.807) is 11.0 Å². The highest BCUT2D eigenvalue weighted by molar-refractivity contribution is 7.89. The summed E-state index contributed by atoms with van der Waals surface area (Å²) in [5.74, 6) is -0.374. The fourth-order valence-electron chi connectivity index (χ4n) is 2.37. The average Bonchev–Trinajstić information content (AvgIpc) is 2.47. The second-order valence-corrected chi connectivity index (χ2v) is 7.33. The van der Waals surface area contributed by atoms with Crippen molar-refractivity contribution in [2.45, 2.75) is 30.2 Å². The number of hydrogen-bond donors (Lipinski definition) is 1. The average molecular weight is 313 g/mol. The van der Waals surface area contributed by atoms with Gasteiger partial charge in [0.25, 0.3) is 0 Å². The van der Waals surface area contributed by atoms with Crippen LogP contribution in [-0.4, -0.2) is 55.5 Å². The molecule has 2 rings (SSSR count). The summed E-state index contributed by atoms with van der Waals surface area (Å²) in [6.07, 6.45) is 3.64. The summed E-state index contributed by atoms with van der Waals surface area (Å²) in [6.45, 7) is 0.615. The van der Waals surface area contributed by atoms with Crippen molar-refractivity contribution in [3.05, 3.63) is 18.3 Å². The van der Waals surface area contributed by atoms with Gasteiger partial charge in [-0.1, -0.05) is 0 Å². The monoisotopic (exact) mass is 313 g/mol. The molecule has 1 aromatic rings. The van der Waals surface area contributed by atoms with Gasteiger partial charge in [-0.15, -0.1) is 0 Å². The lowest BCUT2D eigenvalue weighted by Gasteiger charge is -2.33. The minimum absolute atomic E-state index is 0.0973. The van der Waals surface area contributed by atoms with Gasteiger partial charge in [-0.25, -0.2) is 22.5 Å². The topological polar surface area (TPSA) is 90.8 Å². The van der Waals surface area contributed by atoms with Gasteiger partial charge in [-0.2, -0.15) is 0 Å². The summed E-state index contributed by atoms with van der Waals surface area (Å²) in [6, 6.07) is 2.44. The van der Waals surface area contributed by atoms with Crippen LogP contribution < -0.4 is 4.90 Å². The first-order chi connectivity index (χ1) is 9.84. The predicted octanol–water partition coefficient (Wildman–Crippen LogP) is 0.775. The van der Waals surface area contributed by atoms with Crippen LogP contribution in [0.3, 0.4) is 0 Å². The second-order valence-electron chi connectivity index (χ2n) is 5.18. The number of anilines is 1. The number of sulfonamides is 1. The molecule has 1 N–H and O–H groups in total. The van der Waals surface area contributed by atoms with E-state index in [9.17, 15) is 18.3 Å². The summed E-state index contributed by atoms with van der Waals surface area (Å²) in [5, 5.41) is 9.25. The molecule has 1 fully saturated rings. The Hall–Kier alpha value is -1.67. The van der Waals surface area contributed by atoms with E-state index >= 15 is 0 Å². The van der Waals surface area contributed by atoms with Gasteiger partial charge in [0, 0.05) is 26.8 Å². The van der Waals surface area contributed by atoms with Crippen molar-refractivity contribution < 1.29 is 18.3 Å². The first-order valence-corrected chi connectivity index (χ1v) is 8.16. The molecule has 1 saturated heterocycles. The number of rotatable bonds is 4. The summed E-state index contributed by atoms with van der Waals surface area (Å²) in [7, 11) is -0.613. The van der Waals surface area contributed by atoms with Crippen molar-refractivity contribution in [2.24, 2.45) is 0 Å². The number of aliphatic carboxylic acids is 1. The molecule has 1 atom stereocenters. The minimum atomic E-state index is -3.52. The molecule has 0 amide bonds. The number of piperidine rings is 1. The molecule has 0 aromatic carbocycles. The van der Waals surface area contributed by atoms with E-state index in [-0.39, 0.29) is 4.90 Å². The van der Waals surface area contributed by atoms with Crippen LogP contribution in [0.25, 0.3) is 0 Å². The number of carboxylic acid groups (broad SMARTS) is 1. The summed E-state index contributed by atoms with van der Waals surface area (Å²) in [4.78, 5) is 17.2. The smallest absolute Gasteiger partial charge is 0.326 e. The molecule has 0 radical (unpaired) electrons. The van der Waals surface area contributed by atoms with Crippen molar-refractivity contribution in [1.29, 1.82) is 0 Å². The predicted molar refractivity (Wildman–Crippen MR) is 77.7 cm³/mol. The Labute approximate surface area is 124 Å². The molecule has 1 aliphatic heterocycles. The summed E-state index contributed by atoms with van der Waals surface area (Å²) in [5.41, 5.74) is 0. The molecule has 0 saturated carbocycles. The number of carbonyl (C=O) groups is 1.